The summed E-state index contributed by atoms with van der Waals surface area (Å²) >= 11 is 5.77. The Kier molecular flexibility index (Phi) is 4.31. The molecule has 4 nitrogen and oxygen atoms in total. The maximum absolute atomic E-state index is 11.9. The van der Waals surface area contributed by atoms with E-state index in [9.17, 15) is 13.2 Å². The third-order valence-electron chi connectivity index (χ3n) is 2.06. The first-order valence-corrected chi connectivity index (χ1v) is 6.78. The van der Waals surface area contributed by atoms with E-state index in [1.165, 1.54) is 18.2 Å². The molecular weight excluding hydrogens is 264 g/mol. The molecule has 92 valence electrons. The maximum Gasteiger partial charge on any atom is 0.335 e. The van der Waals surface area contributed by atoms with Crippen LogP contribution in [0, 0.1) is 0 Å². The summed E-state index contributed by atoms with van der Waals surface area (Å²) in [5, 5.41) is 8.82. The van der Waals surface area contributed by atoms with Crippen LogP contribution in [0.2, 0.25) is 5.02 Å². The van der Waals surface area contributed by atoms with Crippen LogP contribution in [0.3, 0.4) is 0 Å². The van der Waals surface area contributed by atoms with Crippen molar-refractivity contribution in [1.82, 2.24) is 0 Å². The molecule has 1 aromatic rings. The predicted molar refractivity (Wildman–Crippen MR) is 65.3 cm³/mol. The lowest BCUT2D eigenvalue weighted by Gasteiger charge is -2.05. The van der Waals surface area contributed by atoms with Crippen LogP contribution in [0.4, 0.5) is 0 Å². The highest BCUT2D eigenvalue weighted by Crippen LogP contribution is 2.24. The Bertz CT molecular complexity index is 561. The van der Waals surface area contributed by atoms with E-state index in [1.807, 2.05) is 0 Å². The number of allylic oxidation sites excluding steroid dienone is 1. The second-order valence-corrected chi connectivity index (χ2v) is 5.71. The quantitative estimate of drug-likeness (QED) is 0.856. The van der Waals surface area contributed by atoms with Gasteiger partial charge in [0.15, 0.2) is 9.84 Å². The lowest BCUT2D eigenvalue weighted by atomic mass is 10.2. The molecule has 0 unspecified atom stereocenters. The van der Waals surface area contributed by atoms with E-state index in [1.54, 1.807) is 13.0 Å². The molecule has 1 N–H and O–H groups in total. The molecule has 0 aliphatic rings. The minimum Gasteiger partial charge on any atom is -0.478 e. The molecule has 0 aliphatic heterocycles. The van der Waals surface area contributed by atoms with Gasteiger partial charge in [-0.25, -0.2) is 13.2 Å². The van der Waals surface area contributed by atoms with Crippen LogP contribution in [0.1, 0.15) is 17.3 Å². The topological polar surface area (TPSA) is 71.4 Å². The van der Waals surface area contributed by atoms with E-state index in [-0.39, 0.29) is 21.2 Å². The van der Waals surface area contributed by atoms with Gasteiger partial charge in [0.05, 0.1) is 21.2 Å². The van der Waals surface area contributed by atoms with Crippen molar-refractivity contribution in [1.29, 1.82) is 0 Å². The number of hydrogen-bond donors (Lipinski definition) is 1. The highest BCUT2D eigenvalue weighted by molar-refractivity contribution is 7.91. The van der Waals surface area contributed by atoms with Crippen molar-refractivity contribution >= 4 is 27.4 Å². The Morgan fingerprint density at radius 3 is 2.65 bits per heavy atom. The molecule has 0 saturated carbocycles. The first kappa shape index (κ1) is 13.7. The molecule has 0 heterocycles. The van der Waals surface area contributed by atoms with Crippen molar-refractivity contribution in [3.63, 3.8) is 0 Å². The normalized spacial score (nSPS) is 11.9. The zero-order valence-electron chi connectivity index (χ0n) is 9.05. The molecule has 0 aromatic heterocycles. The summed E-state index contributed by atoms with van der Waals surface area (Å²) in [4.78, 5) is 10.6. The predicted octanol–water partition coefficient (Wildman–Crippen LogP) is 2.39. The largest absolute Gasteiger partial charge is 0.478 e. The SMILES string of the molecule is C/C=C/CS(=O)(=O)c1cc(C(=O)O)ccc1Cl. The van der Waals surface area contributed by atoms with Crippen LogP contribution in [0.25, 0.3) is 0 Å². The lowest BCUT2D eigenvalue weighted by Crippen LogP contribution is -2.07. The van der Waals surface area contributed by atoms with Gasteiger partial charge in [-0.05, 0) is 25.1 Å². The second kappa shape index (κ2) is 5.33. The summed E-state index contributed by atoms with van der Waals surface area (Å²) in [6.07, 6.45) is 3.08. The zero-order valence-corrected chi connectivity index (χ0v) is 10.6. The second-order valence-electron chi connectivity index (χ2n) is 3.30. The van der Waals surface area contributed by atoms with Crippen LogP contribution >= 0.6 is 11.6 Å². The Labute approximate surface area is 104 Å². The van der Waals surface area contributed by atoms with Gasteiger partial charge >= 0.3 is 5.97 Å². The van der Waals surface area contributed by atoms with E-state index < -0.39 is 15.8 Å². The van der Waals surface area contributed by atoms with E-state index >= 15 is 0 Å². The summed E-state index contributed by atoms with van der Waals surface area (Å²) in [6, 6.07) is 3.61. The minimum atomic E-state index is -3.59. The number of carboxylic acids is 1. The van der Waals surface area contributed by atoms with Gasteiger partial charge in [-0.2, -0.15) is 0 Å². The maximum atomic E-state index is 11.9. The molecule has 1 aromatic carbocycles. The fourth-order valence-electron chi connectivity index (χ4n) is 1.19. The molecule has 0 radical (unpaired) electrons. The highest BCUT2D eigenvalue weighted by atomic mass is 35.5. The number of carboxylic acid groups (broad SMARTS) is 1. The molecule has 0 saturated heterocycles. The summed E-state index contributed by atoms with van der Waals surface area (Å²) in [5.41, 5.74) is -0.103. The van der Waals surface area contributed by atoms with Crippen molar-refractivity contribution < 1.29 is 18.3 Å². The van der Waals surface area contributed by atoms with E-state index in [0.29, 0.717) is 0 Å². The number of carbonyl (C=O) groups is 1. The fraction of sp³-hybridized carbons (Fsp3) is 0.182. The average Bonchev–Trinajstić information content (AvgIpc) is 2.26. The van der Waals surface area contributed by atoms with Crippen LogP contribution < -0.4 is 0 Å². The Morgan fingerprint density at radius 2 is 2.12 bits per heavy atom. The zero-order chi connectivity index (χ0) is 13.1. The highest BCUT2D eigenvalue weighted by Gasteiger charge is 2.18. The molecule has 0 spiro atoms. The van der Waals surface area contributed by atoms with Gasteiger partial charge in [0, 0.05) is 0 Å². The standard InChI is InChI=1S/C11H11ClO4S/c1-2-3-6-17(15,16)10-7-8(11(13)14)4-5-9(10)12/h2-5,7H,6H2,1H3,(H,13,14)/b3-2+. The van der Waals surface area contributed by atoms with Crippen LogP contribution in [-0.2, 0) is 9.84 Å². The summed E-state index contributed by atoms with van der Waals surface area (Å²) < 4.78 is 23.7. The summed E-state index contributed by atoms with van der Waals surface area (Å²) in [6.45, 7) is 1.70. The average molecular weight is 275 g/mol. The van der Waals surface area contributed by atoms with Gasteiger partial charge < -0.3 is 5.11 Å². The molecule has 0 fully saturated rings. The van der Waals surface area contributed by atoms with Crippen LogP contribution in [0.15, 0.2) is 35.2 Å². The van der Waals surface area contributed by atoms with E-state index in [4.69, 9.17) is 16.7 Å². The number of hydrogen-bond acceptors (Lipinski definition) is 3. The van der Waals surface area contributed by atoms with Crippen LogP contribution in [-0.4, -0.2) is 25.2 Å². The molecular formula is C11H11ClO4S. The first-order chi connectivity index (χ1) is 7.88. The van der Waals surface area contributed by atoms with Gasteiger partial charge in [0.25, 0.3) is 0 Å². The van der Waals surface area contributed by atoms with E-state index in [2.05, 4.69) is 0 Å². The van der Waals surface area contributed by atoms with Gasteiger partial charge in [-0.15, -0.1) is 0 Å². The van der Waals surface area contributed by atoms with Gasteiger partial charge in [-0.3, -0.25) is 0 Å². The first-order valence-electron chi connectivity index (χ1n) is 4.75. The number of halogens is 1. The summed E-state index contributed by atoms with van der Waals surface area (Å²) in [7, 11) is -3.59. The third-order valence-corrected chi connectivity index (χ3v) is 4.15. The molecule has 0 bridgehead atoms. The van der Waals surface area contributed by atoms with Crippen molar-refractivity contribution in [2.75, 3.05) is 5.75 Å². The minimum absolute atomic E-state index is 0.0273. The van der Waals surface area contributed by atoms with Gasteiger partial charge in [-0.1, -0.05) is 23.8 Å². The van der Waals surface area contributed by atoms with Crippen LogP contribution in [0.5, 0.6) is 0 Å². The Balaban J connectivity index is 3.30. The third kappa shape index (κ3) is 3.31. The summed E-state index contributed by atoms with van der Waals surface area (Å²) in [5.74, 6) is -1.39. The smallest absolute Gasteiger partial charge is 0.335 e. The fourth-order valence-corrected chi connectivity index (χ4v) is 2.95. The van der Waals surface area contributed by atoms with Crippen molar-refractivity contribution in [3.8, 4) is 0 Å². The van der Waals surface area contributed by atoms with Gasteiger partial charge in [0.1, 0.15) is 0 Å². The van der Waals surface area contributed by atoms with Crippen molar-refractivity contribution in [3.05, 3.63) is 40.9 Å². The van der Waals surface area contributed by atoms with Crippen molar-refractivity contribution in [2.45, 2.75) is 11.8 Å². The molecule has 1 rings (SSSR count). The lowest BCUT2D eigenvalue weighted by molar-refractivity contribution is 0.0696. The number of rotatable bonds is 4. The molecule has 6 heteroatoms. The molecule has 0 aliphatic carbocycles. The van der Waals surface area contributed by atoms with Crippen molar-refractivity contribution in [2.24, 2.45) is 0 Å². The molecule has 0 atom stereocenters. The molecule has 17 heavy (non-hydrogen) atoms. The monoisotopic (exact) mass is 274 g/mol. The van der Waals surface area contributed by atoms with Gasteiger partial charge in [0.2, 0.25) is 0 Å². The number of sulfone groups is 1. The Morgan fingerprint density at radius 1 is 1.47 bits per heavy atom. The number of aromatic carboxylic acids is 1. The molecule has 0 amide bonds. The van der Waals surface area contributed by atoms with E-state index in [0.717, 1.165) is 6.07 Å². The number of benzene rings is 1. The Hall–Kier alpha value is -1.33.